The van der Waals surface area contributed by atoms with Gasteiger partial charge in [0, 0.05) is 16.6 Å². The maximum absolute atomic E-state index is 6.16. The summed E-state index contributed by atoms with van der Waals surface area (Å²) in [5, 5.41) is 4.31. The molecule has 2 aromatic carbocycles. The molecule has 0 radical (unpaired) electrons. The van der Waals surface area contributed by atoms with E-state index in [1.54, 1.807) is 21.3 Å². The predicted octanol–water partition coefficient (Wildman–Crippen LogP) is 6.33. The van der Waals surface area contributed by atoms with Crippen LogP contribution in [-0.2, 0) is 19.3 Å². The third-order valence-corrected chi connectivity index (χ3v) is 7.48. The number of hydrogen-bond acceptors (Lipinski definition) is 5. The van der Waals surface area contributed by atoms with Crippen LogP contribution < -0.4 is 19.5 Å². The highest BCUT2D eigenvalue weighted by Gasteiger charge is 2.27. The molecule has 0 aliphatic heterocycles. The Morgan fingerprint density at radius 3 is 2.53 bits per heavy atom. The van der Waals surface area contributed by atoms with E-state index in [1.807, 2.05) is 12.1 Å². The molecular formula is C30H45ClN2O3. The first-order valence-corrected chi connectivity index (χ1v) is 14.0. The van der Waals surface area contributed by atoms with Gasteiger partial charge >= 0.3 is 0 Å². The maximum Gasteiger partial charge on any atom is 0.164 e. The molecule has 1 N–H and O–H groups in total. The second-order valence-electron chi connectivity index (χ2n) is 9.78. The number of hydrogen-bond donors (Lipinski definition) is 1. The van der Waals surface area contributed by atoms with Crippen molar-refractivity contribution in [1.29, 1.82) is 0 Å². The Morgan fingerprint density at radius 2 is 1.78 bits per heavy atom. The fourth-order valence-electron chi connectivity index (χ4n) is 5.40. The summed E-state index contributed by atoms with van der Waals surface area (Å²) in [7, 11) is 5.14. The predicted molar refractivity (Wildman–Crippen MR) is 150 cm³/mol. The number of methoxy groups -OCH3 is 3. The van der Waals surface area contributed by atoms with Gasteiger partial charge in [0.1, 0.15) is 5.75 Å². The summed E-state index contributed by atoms with van der Waals surface area (Å²) >= 11 is 6.16. The van der Waals surface area contributed by atoms with Crippen LogP contribution >= 0.6 is 11.6 Å². The van der Waals surface area contributed by atoms with E-state index in [0.717, 1.165) is 54.6 Å². The zero-order chi connectivity index (χ0) is 25.8. The van der Waals surface area contributed by atoms with Gasteiger partial charge in [0.25, 0.3) is 0 Å². The summed E-state index contributed by atoms with van der Waals surface area (Å²) in [4.78, 5) is 2.73. The molecule has 0 heterocycles. The summed E-state index contributed by atoms with van der Waals surface area (Å²) < 4.78 is 16.5. The van der Waals surface area contributed by atoms with Gasteiger partial charge in [-0.2, -0.15) is 0 Å². The van der Waals surface area contributed by atoms with Crippen LogP contribution in [-0.4, -0.2) is 58.5 Å². The van der Waals surface area contributed by atoms with Crippen molar-refractivity contribution in [3.8, 4) is 17.2 Å². The average Bonchev–Trinajstić information content (AvgIpc) is 2.90. The van der Waals surface area contributed by atoms with Crippen LogP contribution in [0.3, 0.4) is 0 Å². The molecule has 5 nitrogen and oxygen atoms in total. The van der Waals surface area contributed by atoms with E-state index in [-0.39, 0.29) is 0 Å². The van der Waals surface area contributed by atoms with Crippen molar-refractivity contribution in [3.05, 3.63) is 52.0 Å². The standard InChI is InChI=1S/C30H45ClN2O3/c1-5-17-33(26-11-12-28-24(21-26)10-13-29(35-3)30(28)36-4)18-9-7-6-8-15-32-16-14-23-19-25(31)22-27(20-23)34-2/h10,13,19-20,22,26,32H,5-9,11-12,14-18,21H2,1-4H3/t26-/m0/s1. The lowest BCUT2D eigenvalue weighted by atomic mass is 9.86. The fraction of sp³-hybridized carbons (Fsp3) is 0.600. The molecule has 0 spiro atoms. The van der Waals surface area contributed by atoms with Gasteiger partial charge in [0.05, 0.1) is 21.3 Å². The molecule has 0 fully saturated rings. The minimum absolute atomic E-state index is 0.627. The largest absolute Gasteiger partial charge is 0.497 e. The Labute approximate surface area is 223 Å². The SMILES string of the molecule is CCCN(CCCCCCNCCc1cc(Cl)cc(OC)c1)[C@H]1CCc2c(ccc(OC)c2OC)C1. The Balaban J connectivity index is 1.34. The zero-order valence-corrected chi connectivity index (χ0v) is 23.5. The van der Waals surface area contributed by atoms with Gasteiger partial charge in [-0.05, 0) is 107 Å². The van der Waals surface area contributed by atoms with Gasteiger partial charge in [-0.25, -0.2) is 0 Å². The minimum atomic E-state index is 0.627. The second kappa shape index (κ2) is 15.3. The van der Waals surface area contributed by atoms with Crippen LogP contribution in [0.1, 0.15) is 62.1 Å². The number of ether oxygens (including phenoxy) is 3. The molecule has 3 rings (SSSR count). The summed E-state index contributed by atoms with van der Waals surface area (Å²) in [6.45, 7) is 6.71. The molecule has 2 aromatic rings. The highest BCUT2D eigenvalue weighted by atomic mass is 35.5. The van der Waals surface area contributed by atoms with Crippen molar-refractivity contribution < 1.29 is 14.2 Å². The summed E-state index contributed by atoms with van der Waals surface area (Å²) in [5.41, 5.74) is 3.98. The molecule has 0 unspecified atom stereocenters. The highest BCUT2D eigenvalue weighted by Crippen LogP contribution is 2.38. The third-order valence-electron chi connectivity index (χ3n) is 7.26. The van der Waals surface area contributed by atoms with Crippen molar-refractivity contribution in [2.75, 3.05) is 47.5 Å². The molecule has 1 atom stereocenters. The first kappa shape index (κ1) is 28.6. The number of nitrogens with zero attached hydrogens (tertiary/aromatic N) is 1. The smallest absolute Gasteiger partial charge is 0.164 e. The van der Waals surface area contributed by atoms with Gasteiger partial charge in [-0.15, -0.1) is 0 Å². The normalized spacial score (nSPS) is 15.1. The molecule has 0 amide bonds. The first-order chi connectivity index (χ1) is 17.6. The lowest BCUT2D eigenvalue weighted by Crippen LogP contribution is -2.40. The van der Waals surface area contributed by atoms with E-state index in [9.17, 15) is 0 Å². The Hall–Kier alpha value is -1.95. The number of fused-ring (bicyclic) bond motifs is 1. The van der Waals surface area contributed by atoms with Crippen LogP contribution in [0.15, 0.2) is 30.3 Å². The Morgan fingerprint density at radius 1 is 0.944 bits per heavy atom. The summed E-state index contributed by atoms with van der Waals surface area (Å²) in [6, 6.07) is 10.9. The quantitative estimate of drug-likeness (QED) is 0.264. The van der Waals surface area contributed by atoms with Gasteiger partial charge in [-0.3, -0.25) is 0 Å². The maximum atomic E-state index is 6.16. The van der Waals surface area contributed by atoms with E-state index in [4.69, 9.17) is 25.8 Å². The van der Waals surface area contributed by atoms with Crippen molar-refractivity contribution in [1.82, 2.24) is 10.2 Å². The molecule has 0 aromatic heterocycles. The molecule has 6 heteroatoms. The average molecular weight is 517 g/mol. The van der Waals surface area contributed by atoms with Gasteiger partial charge in [0.15, 0.2) is 11.5 Å². The van der Waals surface area contributed by atoms with Crippen molar-refractivity contribution in [3.63, 3.8) is 0 Å². The molecule has 200 valence electrons. The van der Waals surface area contributed by atoms with Crippen molar-refractivity contribution in [2.24, 2.45) is 0 Å². The number of rotatable bonds is 16. The number of unbranched alkanes of at least 4 members (excludes halogenated alkanes) is 3. The highest BCUT2D eigenvalue weighted by molar-refractivity contribution is 6.30. The topological polar surface area (TPSA) is 43.0 Å². The first-order valence-electron chi connectivity index (χ1n) is 13.6. The van der Waals surface area contributed by atoms with Crippen molar-refractivity contribution in [2.45, 2.75) is 70.8 Å². The molecule has 1 aliphatic carbocycles. The van der Waals surface area contributed by atoms with Crippen LogP contribution in [0, 0.1) is 0 Å². The molecule has 1 aliphatic rings. The molecule has 36 heavy (non-hydrogen) atoms. The zero-order valence-electron chi connectivity index (χ0n) is 22.7. The van der Waals surface area contributed by atoms with Crippen LogP contribution in [0.2, 0.25) is 5.02 Å². The Bertz CT molecular complexity index is 937. The van der Waals surface area contributed by atoms with Gasteiger partial charge in [0.2, 0.25) is 0 Å². The lowest BCUT2D eigenvalue weighted by molar-refractivity contribution is 0.175. The summed E-state index contributed by atoms with van der Waals surface area (Å²) in [6.07, 6.45) is 10.6. The van der Waals surface area contributed by atoms with E-state index < -0.39 is 0 Å². The number of benzene rings is 2. The number of halogens is 1. The fourth-order valence-corrected chi connectivity index (χ4v) is 5.65. The summed E-state index contributed by atoms with van der Waals surface area (Å²) in [5.74, 6) is 2.60. The van der Waals surface area contributed by atoms with Gasteiger partial charge in [-0.1, -0.05) is 37.4 Å². The Kier molecular flexibility index (Phi) is 12.2. The minimum Gasteiger partial charge on any atom is -0.497 e. The van der Waals surface area contributed by atoms with Gasteiger partial charge < -0.3 is 24.4 Å². The van der Waals surface area contributed by atoms with E-state index in [0.29, 0.717) is 6.04 Å². The van der Waals surface area contributed by atoms with E-state index in [1.165, 1.54) is 68.3 Å². The van der Waals surface area contributed by atoms with Crippen LogP contribution in [0.5, 0.6) is 17.2 Å². The van der Waals surface area contributed by atoms with E-state index in [2.05, 4.69) is 35.3 Å². The number of nitrogens with one attached hydrogen (secondary N) is 1. The molecular weight excluding hydrogens is 472 g/mol. The van der Waals surface area contributed by atoms with E-state index >= 15 is 0 Å². The second-order valence-corrected chi connectivity index (χ2v) is 10.2. The lowest BCUT2D eigenvalue weighted by Gasteiger charge is -2.36. The third kappa shape index (κ3) is 8.29. The van der Waals surface area contributed by atoms with Crippen LogP contribution in [0.25, 0.3) is 0 Å². The van der Waals surface area contributed by atoms with Crippen molar-refractivity contribution >= 4 is 11.6 Å². The molecule has 0 saturated heterocycles. The van der Waals surface area contributed by atoms with Crippen LogP contribution in [0.4, 0.5) is 0 Å². The monoisotopic (exact) mass is 516 g/mol. The molecule has 0 bridgehead atoms. The molecule has 0 saturated carbocycles.